The number of carbonyl (C=O) groups is 1. The van der Waals surface area contributed by atoms with E-state index in [2.05, 4.69) is 12.1 Å². The Bertz CT molecular complexity index is 536. The molecule has 2 aromatic rings. The fourth-order valence-corrected chi connectivity index (χ4v) is 2.53. The van der Waals surface area contributed by atoms with Crippen LogP contribution in [-0.2, 0) is 6.54 Å². The molecule has 1 aromatic heterocycles. The number of benzene rings is 1. The number of hydrogen-bond acceptors (Lipinski definition) is 2. The van der Waals surface area contributed by atoms with Crippen molar-refractivity contribution in [2.45, 2.75) is 11.4 Å². The van der Waals surface area contributed by atoms with E-state index >= 15 is 0 Å². The highest BCUT2D eigenvalue weighted by atomic mass is 35.5. The zero-order chi connectivity index (χ0) is 12.3. The van der Waals surface area contributed by atoms with E-state index < -0.39 is 5.24 Å². The van der Waals surface area contributed by atoms with Crippen LogP contribution >= 0.6 is 23.4 Å². The van der Waals surface area contributed by atoms with Gasteiger partial charge >= 0.3 is 0 Å². The molecule has 0 saturated heterocycles. The van der Waals surface area contributed by atoms with Crippen molar-refractivity contribution in [1.82, 2.24) is 4.57 Å². The van der Waals surface area contributed by atoms with Gasteiger partial charge in [-0.25, -0.2) is 0 Å². The van der Waals surface area contributed by atoms with Gasteiger partial charge in [-0.3, -0.25) is 4.79 Å². The van der Waals surface area contributed by atoms with E-state index in [-0.39, 0.29) is 0 Å². The molecule has 0 spiro atoms. The van der Waals surface area contributed by atoms with Gasteiger partial charge in [-0.05, 0) is 41.6 Å². The average molecular weight is 266 g/mol. The smallest absolute Gasteiger partial charge is 0.268 e. The highest BCUT2D eigenvalue weighted by molar-refractivity contribution is 7.98. The molecule has 1 aromatic carbocycles. The van der Waals surface area contributed by atoms with E-state index in [0.29, 0.717) is 12.2 Å². The Balaban J connectivity index is 2.31. The van der Waals surface area contributed by atoms with Gasteiger partial charge in [0.25, 0.3) is 5.24 Å². The summed E-state index contributed by atoms with van der Waals surface area (Å²) in [7, 11) is 0. The lowest BCUT2D eigenvalue weighted by molar-refractivity contribution is 0.107. The van der Waals surface area contributed by atoms with Crippen LogP contribution in [0.25, 0.3) is 0 Å². The molecule has 1 heterocycles. The van der Waals surface area contributed by atoms with Crippen molar-refractivity contribution in [3.8, 4) is 0 Å². The minimum atomic E-state index is -0.420. The summed E-state index contributed by atoms with van der Waals surface area (Å²) >= 11 is 7.22. The molecule has 0 aliphatic carbocycles. The van der Waals surface area contributed by atoms with Crippen molar-refractivity contribution in [1.29, 1.82) is 0 Å². The summed E-state index contributed by atoms with van der Waals surface area (Å²) in [6, 6.07) is 11.7. The molecule has 0 fully saturated rings. The first kappa shape index (κ1) is 12.3. The number of aromatic nitrogens is 1. The zero-order valence-corrected chi connectivity index (χ0v) is 11.0. The van der Waals surface area contributed by atoms with Gasteiger partial charge < -0.3 is 4.57 Å². The fourth-order valence-electron chi connectivity index (χ4n) is 1.75. The predicted octanol–water partition coefficient (Wildman–Crippen LogP) is 3.64. The Morgan fingerprint density at radius 1 is 1.29 bits per heavy atom. The average Bonchev–Trinajstić information content (AvgIpc) is 2.78. The Kier molecular flexibility index (Phi) is 3.92. The third kappa shape index (κ3) is 2.73. The third-order valence-electron chi connectivity index (χ3n) is 2.56. The monoisotopic (exact) mass is 265 g/mol. The SMILES string of the molecule is CSc1ccccc1Cn1cccc1C(=O)Cl. The van der Waals surface area contributed by atoms with Gasteiger partial charge in [-0.15, -0.1) is 11.8 Å². The molecular weight excluding hydrogens is 254 g/mol. The molecule has 2 rings (SSSR count). The molecule has 0 bridgehead atoms. The van der Waals surface area contributed by atoms with E-state index in [0.717, 1.165) is 0 Å². The second kappa shape index (κ2) is 5.43. The van der Waals surface area contributed by atoms with Crippen LogP contribution in [0.1, 0.15) is 16.1 Å². The number of thioether (sulfide) groups is 1. The summed E-state index contributed by atoms with van der Waals surface area (Å²) < 4.78 is 1.87. The molecule has 4 heteroatoms. The van der Waals surface area contributed by atoms with Crippen LogP contribution in [-0.4, -0.2) is 16.1 Å². The first-order valence-electron chi connectivity index (χ1n) is 5.19. The molecule has 0 atom stereocenters. The lowest BCUT2D eigenvalue weighted by Gasteiger charge is -2.10. The van der Waals surface area contributed by atoms with Gasteiger partial charge in [0, 0.05) is 17.6 Å². The van der Waals surface area contributed by atoms with Gasteiger partial charge in [0.1, 0.15) is 5.69 Å². The van der Waals surface area contributed by atoms with Gasteiger partial charge in [0.05, 0.1) is 0 Å². The topological polar surface area (TPSA) is 22.0 Å². The lowest BCUT2D eigenvalue weighted by atomic mass is 10.2. The van der Waals surface area contributed by atoms with E-state index in [1.165, 1.54) is 10.5 Å². The first-order valence-corrected chi connectivity index (χ1v) is 6.79. The summed E-state index contributed by atoms with van der Waals surface area (Å²) in [6.07, 6.45) is 3.91. The minimum absolute atomic E-state index is 0.420. The van der Waals surface area contributed by atoms with Crippen LogP contribution in [0.15, 0.2) is 47.5 Å². The Labute approximate surface area is 110 Å². The fraction of sp³-hybridized carbons (Fsp3) is 0.154. The second-order valence-corrected chi connectivity index (χ2v) is 4.80. The number of halogens is 1. The van der Waals surface area contributed by atoms with E-state index in [4.69, 9.17) is 11.6 Å². The first-order chi connectivity index (χ1) is 8.22. The molecule has 0 radical (unpaired) electrons. The molecule has 0 aliphatic rings. The van der Waals surface area contributed by atoms with Crippen LogP contribution in [0, 0.1) is 0 Å². The molecule has 0 aliphatic heterocycles. The van der Waals surface area contributed by atoms with E-state index in [9.17, 15) is 4.79 Å². The van der Waals surface area contributed by atoms with Gasteiger partial charge in [0.15, 0.2) is 0 Å². The summed E-state index contributed by atoms with van der Waals surface area (Å²) in [5, 5.41) is -0.420. The summed E-state index contributed by atoms with van der Waals surface area (Å²) in [6.45, 7) is 0.664. The molecule has 0 amide bonds. The van der Waals surface area contributed by atoms with Gasteiger partial charge in [-0.1, -0.05) is 18.2 Å². The van der Waals surface area contributed by atoms with E-state index in [1.54, 1.807) is 17.8 Å². The normalized spacial score (nSPS) is 10.5. The van der Waals surface area contributed by atoms with Crippen LogP contribution in [0.3, 0.4) is 0 Å². The Morgan fingerprint density at radius 2 is 2.06 bits per heavy atom. The minimum Gasteiger partial charge on any atom is -0.340 e. The molecule has 2 nitrogen and oxygen atoms in total. The second-order valence-electron chi connectivity index (χ2n) is 3.61. The predicted molar refractivity (Wildman–Crippen MR) is 71.9 cm³/mol. The maximum absolute atomic E-state index is 11.2. The van der Waals surface area contributed by atoms with Crippen LogP contribution in [0.2, 0.25) is 0 Å². The van der Waals surface area contributed by atoms with E-state index in [1.807, 2.05) is 35.2 Å². The lowest BCUT2D eigenvalue weighted by Crippen LogP contribution is -2.06. The van der Waals surface area contributed by atoms with Crippen molar-refractivity contribution < 1.29 is 4.79 Å². The highest BCUT2D eigenvalue weighted by Gasteiger charge is 2.09. The summed E-state index contributed by atoms with van der Waals surface area (Å²) in [5.74, 6) is 0. The Morgan fingerprint density at radius 3 is 2.76 bits per heavy atom. The molecule has 0 N–H and O–H groups in total. The summed E-state index contributed by atoms with van der Waals surface area (Å²) in [5.41, 5.74) is 1.72. The van der Waals surface area contributed by atoms with Gasteiger partial charge in [-0.2, -0.15) is 0 Å². The van der Waals surface area contributed by atoms with Crippen molar-refractivity contribution in [3.05, 3.63) is 53.9 Å². The molecule has 0 unspecified atom stereocenters. The Hall–Kier alpha value is -1.19. The quantitative estimate of drug-likeness (QED) is 0.622. The number of nitrogens with zero attached hydrogens (tertiary/aromatic N) is 1. The van der Waals surface area contributed by atoms with Crippen LogP contribution in [0.5, 0.6) is 0 Å². The molecule has 88 valence electrons. The van der Waals surface area contributed by atoms with Crippen molar-refractivity contribution in [3.63, 3.8) is 0 Å². The zero-order valence-electron chi connectivity index (χ0n) is 9.39. The maximum atomic E-state index is 11.2. The summed E-state index contributed by atoms with van der Waals surface area (Å²) in [4.78, 5) is 12.4. The number of hydrogen-bond donors (Lipinski definition) is 0. The van der Waals surface area contributed by atoms with Gasteiger partial charge in [0.2, 0.25) is 0 Å². The molecule has 17 heavy (non-hydrogen) atoms. The maximum Gasteiger partial charge on any atom is 0.268 e. The number of carbonyl (C=O) groups excluding carboxylic acids is 1. The van der Waals surface area contributed by atoms with Crippen LogP contribution < -0.4 is 0 Å². The molecule has 0 saturated carbocycles. The largest absolute Gasteiger partial charge is 0.340 e. The van der Waals surface area contributed by atoms with Crippen molar-refractivity contribution >= 4 is 28.6 Å². The van der Waals surface area contributed by atoms with Crippen molar-refractivity contribution in [2.24, 2.45) is 0 Å². The number of rotatable bonds is 4. The standard InChI is InChI=1S/C13H12ClNOS/c1-17-12-7-3-2-5-10(12)9-15-8-4-6-11(15)13(14)16/h2-8H,9H2,1H3. The van der Waals surface area contributed by atoms with Crippen molar-refractivity contribution in [2.75, 3.05) is 6.26 Å². The third-order valence-corrected chi connectivity index (χ3v) is 3.60. The van der Waals surface area contributed by atoms with Crippen LogP contribution in [0.4, 0.5) is 0 Å². The molecular formula is C13H12ClNOS. The highest BCUT2D eigenvalue weighted by Crippen LogP contribution is 2.21.